The average molecular weight is 393 g/mol. The number of amides is 1. The Morgan fingerprint density at radius 2 is 1.96 bits per heavy atom. The minimum atomic E-state index is -0.853. The van der Waals surface area contributed by atoms with Gasteiger partial charge in [0, 0.05) is 5.02 Å². The molecule has 0 bridgehead atoms. The second kappa shape index (κ2) is 7.65. The van der Waals surface area contributed by atoms with Crippen LogP contribution in [0.15, 0.2) is 23.3 Å². The molecule has 0 unspecified atom stereocenters. The van der Waals surface area contributed by atoms with Crippen LogP contribution in [-0.2, 0) is 11.3 Å². The van der Waals surface area contributed by atoms with Crippen molar-refractivity contribution in [2.75, 3.05) is 0 Å². The lowest BCUT2D eigenvalue weighted by Gasteiger charge is -2.26. The van der Waals surface area contributed by atoms with Crippen molar-refractivity contribution in [1.29, 1.82) is 5.26 Å². The molecule has 1 amide bonds. The quantitative estimate of drug-likeness (QED) is 0.810. The molecular formula is C18H18Cl2N4O2. The first-order valence-electron chi connectivity index (χ1n) is 8.51. The molecule has 1 heterocycles. The number of fused-ring (bicyclic) bond motifs is 1. The summed E-state index contributed by atoms with van der Waals surface area (Å²) < 4.78 is 1.20. The summed E-state index contributed by atoms with van der Waals surface area (Å²) in [4.78, 5) is 29.3. The lowest BCUT2D eigenvalue weighted by molar-refractivity contribution is -0.123. The van der Waals surface area contributed by atoms with Gasteiger partial charge >= 0.3 is 0 Å². The summed E-state index contributed by atoms with van der Waals surface area (Å²) in [7, 11) is 0. The van der Waals surface area contributed by atoms with Crippen LogP contribution in [0, 0.1) is 11.3 Å². The van der Waals surface area contributed by atoms with Gasteiger partial charge in [-0.2, -0.15) is 5.26 Å². The van der Waals surface area contributed by atoms with Crippen LogP contribution in [0.4, 0.5) is 0 Å². The van der Waals surface area contributed by atoms with E-state index >= 15 is 0 Å². The minimum Gasteiger partial charge on any atom is -0.336 e. The van der Waals surface area contributed by atoms with E-state index in [1.54, 1.807) is 0 Å². The van der Waals surface area contributed by atoms with Gasteiger partial charge in [-0.15, -0.1) is 0 Å². The Morgan fingerprint density at radius 1 is 1.27 bits per heavy atom. The van der Waals surface area contributed by atoms with E-state index in [1.165, 1.54) is 23.0 Å². The molecule has 1 saturated carbocycles. The van der Waals surface area contributed by atoms with Gasteiger partial charge in [-0.05, 0) is 25.0 Å². The molecule has 2 aromatic rings. The van der Waals surface area contributed by atoms with Crippen molar-refractivity contribution in [2.24, 2.45) is 0 Å². The zero-order valence-corrected chi connectivity index (χ0v) is 15.6. The van der Waals surface area contributed by atoms with Crippen molar-refractivity contribution in [3.05, 3.63) is 38.9 Å². The van der Waals surface area contributed by atoms with Gasteiger partial charge in [0.1, 0.15) is 12.1 Å². The molecule has 1 aromatic heterocycles. The Labute approximate surface area is 160 Å². The molecule has 1 fully saturated rings. The molecule has 6 nitrogen and oxygen atoms in total. The number of rotatable bonds is 3. The van der Waals surface area contributed by atoms with Crippen LogP contribution in [0.3, 0.4) is 0 Å². The number of carbonyl (C=O) groups excluding carboxylic acids is 1. The molecule has 8 heteroatoms. The van der Waals surface area contributed by atoms with Crippen LogP contribution in [0.1, 0.15) is 38.5 Å². The highest BCUT2D eigenvalue weighted by Gasteiger charge is 2.32. The Morgan fingerprint density at radius 3 is 2.62 bits per heavy atom. The number of hydrogen-bond acceptors (Lipinski definition) is 4. The van der Waals surface area contributed by atoms with Gasteiger partial charge in [-0.3, -0.25) is 14.2 Å². The normalized spacial score (nSPS) is 16.7. The third-order valence-corrected chi connectivity index (χ3v) is 5.22. The topological polar surface area (TPSA) is 87.8 Å². The molecular weight excluding hydrogens is 375 g/mol. The Hall–Kier alpha value is -2.10. The summed E-state index contributed by atoms with van der Waals surface area (Å²) in [6.45, 7) is -0.213. The van der Waals surface area contributed by atoms with Gasteiger partial charge in [-0.1, -0.05) is 48.9 Å². The average Bonchev–Trinajstić information content (AvgIpc) is 2.84. The molecule has 0 aliphatic heterocycles. The van der Waals surface area contributed by atoms with E-state index in [1.807, 2.05) is 0 Å². The summed E-state index contributed by atoms with van der Waals surface area (Å²) in [6, 6.07) is 5.26. The smallest absolute Gasteiger partial charge is 0.261 e. The fourth-order valence-corrected chi connectivity index (χ4v) is 3.91. The third-order valence-electron chi connectivity index (χ3n) is 4.71. The molecule has 0 atom stereocenters. The monoisotopic (exact) mass is 392 g/mol. The molecule has 1 aliphatic rings. The van der Waals surface area contributed by atoms with Gasteiger partial charge in [-0.25, -0.2) is 4.98 Å². The van der Waals surface area contributed by atoms with E-state index in [2.05, 4.69) is 16.4 Å². The SMILES string of the molecule is N#CC1(NC(=O)Cn2cnc3c(Cl)cc(Cl)cc3c2=O)CCCCCC1. The van der Waals surface area contributed by atoms with Crippen molar-refractivity contribution >= 4 is 40.0 Å². The van der Waals surface area contributed by atoms with Crippen molar-refractivity contribution in [2.45, 2.75) is 50.6 Å². The molecule has 0 radical (unpaired) electrons. The lowest BCUT2D eigenvalue weighted by Crippen LogP contribution is -2.48. The van der Waals surface area contributed by atoms with E-state index in [-0.39, 0.29) is 22.9 Å². The van der Waals surface area contributed by atoms with Crippen LogP contribution in [-0.4, -0.2) is 21.0 Å². The predicted octanol–water partition coefficient (Wildman–Crippen LogP) is 3.44. The highest BCUT2D eigenvalue weighted by atomic mass is 35.5. The number of hydrogen-bond donors (Lipinski definition) is 1. The van der Waals surface area contributed by atoms with Gasteiger partial charge in [0.25, 0.3) is 5.56 Å². The van der Waals surface area contributed by atoms with Crippen molar-refractivity contribution in [1.82, 2.24) is 14.9 Å². The first-order valence-corrected chi connectivity index (χ1v) is 9.26. The maximum atomic E-state index is 12.6. The maximum Gasteiger partial charge on any atom is 0.261 e. The second-order valence-electron chi connectivity index (χ2n) is 6.62. The van der Waals surface area contributed by atoms with Gasteiger partial charge < -0.3 is 5.32 Å². The predicted molar refractivity (Wildman–Crippen MR) is 100 cm³/mol. The summed E-state index contributed by atoms with van der Waals surface area (Å²) in [5.41, 5.74) is -0.912. The number of nitriles is 1. The summed E-state index contributed by atoms with van der Waals surface area (Å²) in [6.07, 6.45) is 6.49. The highest BCUT2D eigenvalue weighted by Crippen LogP contribution is 2.27. The number of benzene rings is 1. The van der Waals surface area contributed by atoms with Crippen LogP contribution < -0.4 is 10.9 Å². The van der Waals surface area contributed by atoms with E-state index in [0.717, 1.165) is 25.7 Å². The molecule has 136 valence electrons. The zero-order valence-electron chi connectivity index (χ0n) is 14.1. The van der Waals surface area contributed by atoms with Crippen molar-refractivity contribution in [3.63, 3.8) is 0 Å². The van der Waals surface area contributed by atoms with Crippen LogP contribution in [0.5, 0.6) is 0 Å². The van der Waals surface area contributed by atoms with E-state index in [9.17, 15) is 14.9 Å². The van der Waals surface area contributed by atoms with E-state index in [0.29, 0.717) is 23.4 Å². The number of nitrogens with zero attached hydrogens (tertiary/aromatic N) is 3. The highest BCUT2D eigenvalue weighted by molar-refractivity contribution is 6.38. The van der Waals surface area contributed by atoms with Crippen LogP contribution in [0.2, 0.25) is 10.0 Å². The number of halogens is 2. The molecule has 1 N–H and O–H groups in total. The minimum absolute atomic E-state index is 0.213. The molecule has 1 aromatic carbocycles. The fraction of sp³-hybridized carbons (Fsp3) is 0.444. The van der Waals surface area contributed by atoms with Gasteiger partial charge in [0.2, 0.25) is 5.91 Å². The zero-order chi connectivity index (χ0) is 18.7. The van der Waals surface area contributed by atoms with E-state index < -0.39 is 11.1 Å². The maximum absolute atomic E-state index is 12.6. The Kier molecular flexibility index (Phi) is 5.49. The van der Waals surface area contributed by atoms with Crippen molar-refractivity contribution < 1.29 is 4.79 Å². The first kappa shape index (κ1) is 18.7. The molecule has 3 rings (SSSR count). The molecule has 0 spiro atoms. The first-order chi connectivity index (χ1) is 12.4. The Balaban J connectivity index is 1.84. The number of nitrogens with one attached hydrogen (secondary N) is 1. The molecule has 1 aliphatic carbocycles. The van der Waals surface area contributed by atoms with Crippen molar-refractivity contribution in [3.8, 4) is 6.07 Å². The molecule has 26 heavy (non-hydrogen) atoms. The third kappa shape index (κ3) is 3.84. The van der Waals surface area contributed by atoms with Gasteiger partial charge in [0.15, 0.2) is 0 Å². The number of aromatic nitrogens is 2. The second-order valence-corrected chi connectivity index (χ2v) is 7.46. The standard InChI is InChI=1S/C18H18Cl2N4O2/c19-12-7-13-16(14(20)8-12)22-11-24(17(13)26)9-15(25)23-18(10-21)5-3-1-2-4-6-18/h7-8,11H,1-6,9H2,(H,23,25). The van der Waals surface area contributed by atoms with Gasteiger partial charge in [0.05, 0.1) is 28.3 Å². The number of carbonyl (C=O) groups is 1. The largest absolute Gasteiger partial charge is 0.336 e. The Bertz CT molecular complexity index is 941. The summed E-state index contributed by atoms with van der Waals surface area (Å²) >= 11 is 12.0. The van der Waals surface area contributed by atoms with E-state index in [4.69, 9.17) is 23.2 Å². The van der Waals surface area contributed by atoms with Crippen LogP contribution >= 0.6 is 23.2 Å². The van der Waals surface area contributed by atoms with Crippen LogP contribution in [0.25, 0.3) is 10.9 Å². The summed E-state index contributed by atoms with van der Waals surface area (Å²) in [5, 5.41) is 13.2. The molecule has 0 saturated heterocycles. The fourth-order valence-electron chi connectivity index (χ4n) is 3.37. The summed E-state index contributed by atoms with van der Waals surface area (Å²) in [5.74, 6) is -0.384. The lowest BCUT2D eigenvalue weighted by atomic mass is 9.92.